The number of esters is 1. The van der Waals surface area contributed by atoms with E-state index in [-0.39, 0.29) is 25.7 Å². The minimum Gasteiger partial charge on any atom is -0.422 e. The van der Waals surface area contributed by atoms with Crippen LogP contribution < -0.4 is 0 Å². The van der Waals surface area contributed by atoms with Crippen LogP contribution in [0, 0.1) is 26.1 Å². The third kappa shape index (κ3) is 4.09. The van der Waals surface area contributed by atoms with Gasteiger partial charge in [0.25, 0.3) is 0 Å². The van der Waals surface area contributed by atoms with Crippen molar-refractivity contribution in [2.75, 3.05) is 0 Å². The van der Waals surface area contributed by atoms with Gasteiger partial charge in [0.1, 0.15) is 0 Å². The van der Waals surface area contributed by atoms with Crippen LogP contribution in [0.4, 0.5) is 0 Å². The molecule has 3 unspecified atom stereocenters. The molecule has 3 atom stereocenters. The standard InChI is InChI=1S/C14H14N2O8/c17-10-3-4-12(18)13(7-10)24-14(19)5-8-1-2-9(15(20)21)6-11(8)16(22)23/h3-4,7-9,11H,1-2,5-6H2. The summed E-state index contributed by atoms with van der Waals surface area (Å²) in [6.45, 7) is 0. The molecule has 10 nitrogen and oxygen atoms in total. The van der Waals surface area contributed by atoms with Gasteiger partial charge in [-0.05, 0) is 18.6 Å². The smallest absolute Gasteiger partial charge is 0.311 e. The van der Waals surface area contributed by atoms with Gasteiger partial charge in [-0.3, -0.25) is 34.6 Å². The number of allylic oxidation sites excluding steroid dienone is 3. The molecule has 0 aromatic heterocycles. The van der Waals surface area contributed by atoms with Gasteiger partial charge in [0.05, 0.1) is 12.8 Å². The molecule has 2 rings (SSSR count). The molecule has 0 aliphatic heterocycles. The maximum absolute atomic E-state index is 11.9. The molecule has 0 aromatic rings. The molecule has 0 amide bonds. The minimum absolute atomic E-state index is 0.137. The topological polar surface area (TPSA) is 147 Å². The second kappa shape index (κ2) is 7.11. The van der Waals surface area contributed by atoms with E-state index in [0.29, 0.717) is 0 Å². The maximum Gasteiger partial charge on any atom is 0.311 e. The van der Waals surface area contributed by atoms with Gasteiger partial charge in [-0.25, -0.2) is 0 Å². The van der Waals surface area contributed by atoms with Crippen LogP contribution in [0.15, 0.2) is 24.0 Å². The molecule has 10 heteroatoms. The normalized spacial score (nSPS) is 26.7. The van der Waals surface area contributed by atoms with Crippen molar-refractivity contribution in [1.29, 1.82) is 0 Å². The van der Waals surface area contributed by atoms with Crippen LogP contribution in [0.1, 0.15) is 25.7 Å². The Morgan fingerprint density at radius 2 is 1.88 bits per heavy atom. The van der Waals surface area contributed by atoms with Crippen molar-refractivity contribution in [1.82, 2.24) is 0 Å². The summed E-state index contributed by atoms with van der Waals surface area (Å²) in [6, 6.07) is -2.22. The Bertz CT molecular complexity index is 666. The third-order valence-electron chi connectivity index (χ3n) is 4.07. The molecule has 0 radical (unpaired) electrons. The van der Waals surface area contributed by atoms with Gasteiger partial charge in [0.15, 0.2) is 11.5 Å². The quantitative estimate of drug-likeness (QED) is 0.306. The molecule has 0 spiro atoms. The molecule has 0 N–H and O–H groups in total. The largest absolute Gasteiger partial charge is 0.422 e. The fourth-order valence-electron chi connectivity index (χ4n) is 2.82. The highest BCUT2D eigenvalue weighted by Crippen LogP contribution is 2.31. The summed E-state index contributed by atoms with van der Waals surface area (Å²) in [7, 11) is 0. The zero-order chi connectivity index (χ0) is 17.9. The average Bonchev–Trinajstić information content (AvgIpc) is 2.50. The van der Waals surface area contributed by atoms with Gasteiger partial charge in [-0.15, -0.1) is 0 Å². The Balaban J connectivity index is 2.00. The molecule has 128 valence electrons. The Kier molecular flexibility index (Phi) is 5.17. The summed E-state index contributed by atoms with van der Waals surface area (Å²) in [5.74, 6) is -3.18. The Hall–Kier alpha value is -2.91. The van der Waals surface area contributed by atoms with Gasteiger partial charge in [-0.1, -0.05) is 0 Å². The van der Waals surface area contributed by atoms with Crippen LogP contribution in [0.25, 0.3) is 0 Å². The van der Waals surface area contributed by atoms with E-state index >= 15 is 0 Å². The molecular formula is C14H14N2O8. The molecule has 2 aliphatic carbocycles. The highest BCUT2D eigenvalue weighted by atomic mass is 16.6. The lowest BCUT2D eigenvalue weighted by Gasteiger charge is -2.26. The zero-order valence-corrected chi connectivity index (χ0v) is 12.5. The van der Waals surface area contributed by atoms with E-state index in [9.17, 15) is 34.6 Å². The number of hydrogen-bond acceptors (Lipinski definition) is 8. The van der Waals surface area contributed by atoms with E-state index in [2.05, 4.69) is 0 Å². The fraction of sp³-hybridized carbons (Fsp3) is 0.500. The van der Waals surface area contributed by atoms with Gasteiger partial charge in [0, 0.05) is 28.3 Å². The molecular weight excluding hydrogens is 324 g/mol. The monoisotopic (exact) mass is 338 g/mol. The molecule has 0 bridgehead atoms. The SMILES string of the molecule is O=C1C=CC(=O)C(OC(=O)CC2CCC([N+](=O)[O-])CC2[N+](=O)[O-])=C1. The minimum atomic E-state index is -1.22. The van der Waals surface area contributed by atoms with Crippen molar-refractivity contribution in [3.05, 3.63) is 44.2 Å². The van der Waals surface area contributed by atoms with Crippen molar-refractivity contribution in [3.8, 4) is 0 Å². The summed E-state index contributed by atoms with van der Waals surface area (Å²) in [5, 5.41) is 21.9. The summed E-state index contributed by atoms with van der Waals surface area (Å²) in [6.07, 6.45) is 2.54. The number of ketones is 2. The third-order valence-corrected chi connectivity index (χ3v) is 4.07. The fourth-order valence-corrected chi connectivity index (χ4v) is 2.82. The van der Waals surface area contributed by atoms with E-state index in [1.54, 1.807) is 0 Å². The number of carbonyl (C=O) groups is 3. The number of hydrogen-bond donors (Lipinski definition) is 0. The average molecular weight is 338 g/mol. The summed E-state index contributed by atoms with van der Waals surface area (Å²) >= 11 is 0. The summed E-state index contributed by atoms with van der Waals surface area (Å²) in [4.78, 5) is 55.3. The first-order valence-corrected chi connectivity index (χ1v) is 7.23. The molecule has 2 aliphatic rings. The van der Waals surface area contributed by atoms with E-state index in [4.69, 9.17) is 4.74 Å². The van der Waals surface area contributed by atoms with E-state index in [0.717, 1.165) is 18.2 Å². The van der Waals surface area contributed by atoms with Gasteiger partial charge in [-0.2, -0.15) is 0 Å². The van der Waals surface area contributed by atoms with Crippen LogP contribution in [0.3, 0.4) is 0 Å². The maximum atomic E-state index is 11.9. The number of ether oxygens (including phenoxy) is 1. The highest BCUT2D eigenvalue weighted by molar-refractivity contribution is 6.16. The Labute approximate surface area is 135 Å². The number of nitrogens with zero attached hydrogens (tertiary/aromatic N) is 2. The van der Waals surface area contributed by atoms with Crippen LogP contribution in [0.2, 0.25) is 0 Å². The van der Waals surface area contributed by atoms with E-state index in [1.165, 1.54) is 0 Å². The molecule has 1 saturated carbocycles. The second-order valence-electron chi connectivity index (χ2n) is 5.65. The van der Waals surface area contributed by atoms with Gasteiger partial charge >= 0.3 is 5.97 Å². The lowest BCUT2D eigenvalue weighted by molar-refractivity contribution is -0.574. The van der Waals surface area contributed by atoms with Crippen molar-refractivity contribution < 1.29 is 29.0 Å². The Morgan fingerprint density at radius 1 is 1.17 bits per heavy atom. The summed E-state index contributed by atoms with van der Waals surface area (Å²) in [5.41, 5.74) is 0. The first-order valence-electron chi connectivity index (χ1n) is 7.23. The lowest BCUT2D eigenvalue weighted by Crippen LogP contribution is -2.41. The predicted molar refractivity (Wildman–Crippen MR) is 76.9 cm³/mol. The van der Waals surface area contributed by atoms with Crippen molar-refractivity contribution in [2.45, 2.75) is 37.8 Å². The van der Waals surface area contributed by atoms with Gasteiger partial charge < -0.3 is 4.74 Å². The summed E-state index contributed by atoms with van der Waals surface area (Å²) < 4.78 is 4.82. The first kappa shape index (κ1) is 17.4. The molecule has 0 saturated heterocycles. The Morgan fingerprint density at radius 3 is 2.50 bits per heavy atom. The second-order valence-corrected chi connectivity index (χ2v) is 5.65. The lowest BCUT2D eigenvalue weighted by atomic mass is 9.80. The molecule has 1 fully saturated rings. The first-order chi connectivity index (χ1) is 11.3. The number of nitro groups is 2. The van der Waals surface area contributed by atoms with Crippen molar-refractivity contribution in [2.24, 2.45) is 5.92 Å². The van der Waals surface area contributed by atoms with E-state index < -0.39 is 51.1 Å². The predicted octanol–water partition coefficient (Wildman–Crippen LogP) is 0.602. The van der Waals surface area contributed by atoms with E-state index in [1.807, 2.05) is 0 Å². The van der Waals surface area contributed by atoms with Crippen LogP contribution in [-0.2, 0) is 19.1 Å². The van der Waals surface area contributed by atoms with Crippen LogP contribution >= 0.6 is 0 Å². The van der Waals surface area contributed by atoms with Crippen molar-refractivity contribution >= 4 is 17.5 Å². The number of carbonyl (C=O) groups excluding carboxylic acids is 3. The van der Waals surface area contributed by atoms with Crippen molar-refractivity contribution in [3.63, 3.8) is 0 Å². The molecule has 0 aromatic carbocycles. The number of rotatable bonds is 5. The highest BCUT2D eigenvalue weighted by Gasteiger charge is 2.44. The zero-order valence-electron chi connectivity index (χ0n) is 12.5. The molecule has 24 heavy (non-hydrogen) atoms. The van der Waals surface area contributed by atoms with Crippen LogP contribution in [0.5, 0.6) is 0 Å². The molecule has 0 heterocycles. The van der Waals surface area contributed by atoms with Gasteiger partial charge in [0.2, 0.25) is 17.9 Å². The van der Waals surface area contributed by atoms with Crippen LogP contribution in [-0.4, -0.2) is 39.5 Å².